The lowest BCUT2D eigenvalue weighted by Gasteiger charge is -2.20. The molecular formula is C18H21ClN2O4S. The van der Waals surface area contributed by atoms with Crippen molar-refractivity contribution < 1.29 is 17.9 Å². The number of benzene rings is 2. The van der Waals surface area contributed by atoms with E-state index in [1.165, 1.54) is 38.4 Å². The number of carbonyl (C=O) groups is 1. The minimum absolute atomic E-state index is 0.127. The normalized spacial score (nSPS) is 11.1. The highest BCUT2D eigenvalue weighted by Gasteiger charge is 2.22. The summed E-state index contributed by atoms with van der Waals surface area (Å²) >= 11 is 6.18. The van der Waals surface area contributed by atoms with E-state index in [9.17, 15) is 13.2 Å². The van der Waals surface area contributed by atoms with Gasteiger partial charge in [0.25, 0.3) is 15.9 Å². The number of hydrogen-bond donors (Lipinski definition) is 1. The van der Waals surface area contributed by atoms with Gasteiger partial charge in [0.15, 0.2) is 0 Å². The van der Waals surface area contributed by atoms with Gasteiger partial charge >= 0.3 is 0 Å². The van der Waals surface area contributed by atoms with Crippen LogP contribution >= 0.6 is 11.6 Å². The maximum absolute atomic E-state index is 12.8. The van der Waals surface area contributed by atoms with E-state index in [1.54, 1.807) is 18.2 Å². The lowest BCUT2D eigenvalue weighted by atomic mass is 10.2. The van der Waals surface area contributed by atoms with Gasteiger partial charge in [0.05, 0.1) is 28.3 Å². The van der Waals surface area contributed by atoms with Crippen LogP contribution in [0.15, 0.2) is 47.4 Å². The van der Waals surface area contributed by atoms with Crippen molar-refractivity contribution in [2.75, 3.05) is 25.0 Å². The molecule has 6 nitrogen and oxygen atoms in total. The SMILES string of the molecule is CCCNC(=O)c1ccc(N(C)S(=O)(=O)c2ccc(OC)cc2)cc1Cl. The van der Waals surface area contributed by atoms with Crippen molar-refractivity contribution >= 4 is 33.2 Å². The van der Waals surface area contributed by atoms with E-state index in [0.717, 1.165) is 10.7 Å². The molecule has 2 aromatic carbocycles. The predicted octanol–water partition coefficient (Wildman–Crippen LogP) is 3.31. The molecule has 0 unspecified atom stereocenters. The van der Waals surface area contributed by atoms with E-state index in [1.807, 2.05) is 6.92 Å². The minimum atomic E-state index is -3.76. The monoisotopic (exact) mass is 396 g/mol. The molecule has 26 heavy (non-hydrogen) atoms. The molecule has 0 aliphatic heterocycles. The fraction of sp³-hybridized carbons (Fsp3) is 0.278. The molecule has 0 aliphatic rings. The zero-order valence-corrected chi connectivity index (χ0v) is 16.4. The van der Waals surface area contributed by atoms with Crippen LogP contribution in [0.2, 0.25) is 5.02 Å². The third kappa shape index (κ3) is 4.28. The molecule has 0 heterocycles. The molecule has 8 heteroatoms. The number of hydrogen-bond acceptors (Lipinski definition) is 4. The number of nitrogens with zero attached hydrogens (tertiary/aromatic N) is 1. The summed E-state index contributed by atoms with van der Waals surface area (Å²) in [5.41, 5.74) is 0.664. The lowest BCUT2D eigenvalue weighted by molar-refractivity contribution is 0.0954. The van der Waals surface area contributed by atoms with Crippen LogP contribution in [0.5, 0.6) is 5.75 Å². The van der Waals surface area contributed by atoms with Crippen LogP contribution in [-0.2, 0) is 10.0 Å². The molecule has 2 rings (SSSR count). The van der Waals surface area contributed by atoms with Gasteiger partial charge in [-0.05, 0) is 48.9 Å². The fourth-order valence-corrected chi connectivity index (χ4v) is 3.71. The predicted molar refractivity (Wildman–Crippen MR) is 103 cm³/mol. The Morgan fingerprint density at radius 3 is 2.38 bits per heavy atom. The summed E-state index contributed by atoms with van der Waals surface area (Å²) in [5, 5.41) is 2.93. The van der Waals surface area contributed by atoms with Crippen molar-refractivity contribution in [3.63, 3.8) is 0 Å². The highest BCUT2D eigenvalue weighted by Crippen LogP contribution is 2.27. The number of carbonyl (C=O) groups excluding carboxylic acids is 1. The van der Waals surface area contributed by atoms with Gasteiger partial charge in [0.1, 0.15) is 5.75 Å². The first-order chi connectivity index (χ1) is 12.3. The van der Waals surface area contributed by atoms with Gasteiger partial charge in [-0.3, -0.25) is 9.10 Å². The summed E-state index contributed by atoms with van der Waals surface area (Å²) < 4.78 is 31.7. The van der Waals surface area contributed by atoms with Crippen molar-refractivity contribution in [1.82, 2.24) is 5.32 Å². The molecule has 0 spiro atoms. The zero-order valence-electron chi connectivity index (χ0n) is 14.8. The third-order valence-electron chi connectivity index (χ3n) is 3.81. The number of halogens is 1. The number of amides is 1. The van der Waals surface area contributed by atoms with Crippen molar-refractivity contribution in [3.05, 3.63) is 53.1 Å². The number of anilines is 1. The Morgan fingerprint density at radius 1 is 1.19 bits per heavy atom. The number of sulfonamides is 1. The average Bonchev–Trinajstić information content (AvgIpc) is 2.65. The van der Waals surface area contributed by atoms with Crippen LogP contribution in [0.25, 0.3) is 0 Å². The maximum Gasteiger partial charge on any atom is 0.264 e. The Labute approximate surface area is 158 Å². The molecular weight excluding hydrogens is 376 g/mol. The Bertz CT molecular complexity index is 883. The molecule has 1 amide bonds. The summed E-state index contributed by atoms with van der Waals surface area (Å²) in [6.07, 6.45) is 0.810. The first kappa shape index (κ1) is 20.1. The van der Waals surface area contributed by atoms with Gasteiger partial charge in [-0.1, -0.05) is 18.5 Å². The second kappa shape index (κ2) is 8.42. The molecule has 0 aliphatic carbocycles. The molecule has 1 N–H and O–H groups in total. The van der Waals surface area contributed by atoms with E-state index in [4.69, 9.17) is 16.3 Å². The van der Waals surface area contributed by atoms with Crippen molar-refractivity contribution in [2.24, 2.45) is 0 Å². The number of methoxy groups -OCH3 is 1. The smallest absolute Gasteiger partial charge is 0.264 e. The molecule has 0 radical (unpaired) electrons. The summed E-state index contributed by atoms with van der Waals surface area (Å²) in [7, 11) is -0.820. The lowest BCUT2D eigenvalue weighted by Crippen LogP contribution is -2.27. The summed E-state index contributed by atoms with van der Waals surface area (Å²) in [4.78, 5) is 12.2. The Kier molecular flexibility index (Phi) is 6.50. The average molecular weight is 397 g/mol. The molecule has 0 saturated heterocycles. The van der Waals surface area contributed by atoms with Crippen LogP contribution in [0.3, 0.4) is 0 Å². The molecule has 0 bridgehead atoms. The molecule has 0 atom stereocenters. The molecule has 2 aromatic rings. The first-order valence-corrected chi connectivity index (χ1v) is 9.83. The van der Waals surface area contributed by atoms with Crippen LogP contribution in [-0.4, -0.2) is 35.0 Å². The summed E-state index contributed by atoms with van der Waals surface area (Å²) in [5.74, 6) is 0.279. The second-order valence-corrected chi connectivity index (χ2v) is 7.94. The standard InChI is InChI=1S/C18H21ClN2O4S/c1-4-11-20-18(22)16-10-5-13(12-17(16)19)21(2)26(23,24)15-8-6-14(25-3)7-9-15/h5-10,12H,4,11H2,1-3H3,(H,20,22). The fourth-order valence-electron chi connectivity index (χ4n) is 2.26. The van der Waals surface area contributed by atoms with E-state index in [0.29, 0.717) is 23.5 Å². The van der Waals surface area contributed by atoms with Crippen LogP contribution in [0.1, 0.15) is 23.7 Å². The van der Waals surface area contributed by atoms with E-state index in [-0.39, 0.29) is 15.8 Å². The third-order valence-corrected chi connectivity index (χ3v) is 5.93. The van der Waals surface area contributed by atoms with Crippen LogP contribution in [0.4, 0.5) is 5.69 Å². The van der Waals surface area contributed by atoms with E-state index >= 15 is 0 Å². The summed E-state index contributed by atoms with van der Waals surface area (Å²) in [6, 6.07) is 10.6. The minimum Gasteiger partial charge on any atom is -0.497 e. The maximum atomic E-state index is 12.8. The Morgan fingerprint density at radius 2 is 1.85 bits per heavy atom. The van der Waals surface area contributed by atoms with Gasteiger partial charge in [-0.15, -0.1) is 0 Å². The molecule has 140 valence electrons. The van der Waals surface area contributed by atoms with E-state index < -0.39 is 10.0 Å². The van der Waals surface area contributed by atoms with Crippen molar-refractivity contribution in [3.8, 4) is 5.75 Å². The zero-order chi connectivity index (χ0) is 19.3. The highest BCUT2D eigenvalue weighted by atomic mass is 35.5. The topological polar surface area (TPSA) is 75.7 Å². The highest BCUT2D eigenvalue weighted by molar-refractivity contribution is 7.92. The quantitative estimate of drug-likeness (QED) is 0.779. The van der Waals surface area contributed by atoms with Gasteiger partial charge in [0.2, 0.25) is 0 Å². The molecule has 0 saturated carbocycles. The van der Waals surface area contributed by atoms with Crippen LogP contribution < -0.4 is 14.4 Å². The second-order valence-electron chi connectivity index (χ2n) is 5.57. The van der Waals surface area contributed by atoms with Crippen molar-refractivity contribution in [2.45, 2.75) is 18.2 Å². The summed E-state index contributed by atoms with van der Waals surface area (Å²) in [6.45, 7) is 2.49. The molecule has 0 aromatic heterocycles. The van der Waals surface area contributed by atoms with E-state index in [2.05, 4.69) is 5.32 Å². The van der Waals surface area contributed by atoms with Gasteiger partial charge in [-0.25, -0.2) is 8.42 Å². The van der Waals surface area contributed by atoms with Gasteiger partial charge < -0.3 is 10.1 Å². The first-order valence-electron chi connectivity index (χ1n) is 8.02. The molecule has 0 fully saturated rings. The number of nitrogens with one attached hydrogen (secondary N) is 1. The van der Waals surface area contributed by atoms with Gasteiger partial charge in [0, 0.05) is 13.6 Å². The van der Waals surface area contributed by atoms with Crippen molar-refractivity contribution in [1.29, 1.82) is 0 Å². The number of rotatable bonds is 7. The van der Waals surface area contributed by atoms with Gasteiger partial charge in [-0.2, -0.15) is 0 Å². The largest absolute Gasteiger partial charge is 0.497 e. The van der Waals surface area contributed by atoms with Crippen LogP contribution in [0, 0.1) is 0 Å². The Hall–Kier alpha value is -2.25. The Balaban J connectivity index is 2.29. The number of ether oxygens (including phenoxy) is 1.